The van der Waals surface area contributed by atoms with E-state index in [0.29, 0.717) is 5.69 Å². The van der Waals surface area contributed by atoms with E-state index < -0.39 is 6.04 Å². The summed E-state index contributed by atoms with van der Waals surface area (Å²) in [7, 11) is 1.33. The molecule has 0 aliphatic carbocycles. The Morgan fingerprint density at radius 3 is 2.85 bits per heavy atom. The number of aromatic nitrogens is 1. The van der Waals surface area contributed by atoms with Gasteiger partial charge >= 0.3 is 5.97 Å². The second-order valence-electron chi connectivity index (χ2n) is 4.08. The largest absolute Gasteiger partial charge is 0.469 e. The quantitative estimate of drug-likeness (QED) is 0.857. The zero-order valence-electron chi connectivity index (χ0n) is 10.9. The molecule has 6 heteroatoms. The molecule has 5 nitrogen and oxygen atoms in total. The molecule has 0 aliphatic heterocycles. The van der Waals surface area contributed by atoms with Crippen LogP contribution in [0.15, 0.2) is 41.2 Å². The normalized spacial score (nSPS) is 11.7. The molecule has 1 amide bonds. The Hall–Kier alpha value is -2.21. The van der Waals surface area contributed by atoms with Gasteiger partial charge in [-0.15, -0.1) is 0 Å². The van der Waals surface area contributed by atoms with E-state index in [1.807, 2.05) is 16.8 Å². The van der Waals surface area contributed by atoms with Crippen LogP contribution in [-0.2, 0) is 9.53 Å². The average Bonchev–Trinajstić information content (AvgIpc) is 3.01. The molecule has 0 fully saturated rings. The summed E-state index contributed by atoms with van der Waals surface area (Å²) >= 11 is 1.51. The van der Waals surface area contributed by atoms with Crippen LogP contribution >= 0.6 is 11.3 Å². The summed E-state index contributed by atoms with van der Waals surface area (Å²) in [5.74, 6) is -0.687. The van der Waals surface area contributed by atoms with Crippen LogP contribution in [-0.4, -0.2) is 24.0 Å². The molecule has 2 heterocycles. The van der Waals surface area contributed by atoms with Gasteiger partial charge in [0.2, 0.25) is 0 Å². The fraction of sp³-hybridized carbons (Fsp3) is 0.214. The highest BCUT2D eigenvalue weighted by Gasteiger charge is 2.20. The summed E-state index contributed by atoms with van der Waals surface area (Å²) in [5, 5.41) is 6.60. The lowest BCUT2D eigenvalue weighted by Crippen LogP contribution is -2.30. The minimum absolute atomic E-state index is 0.0891. The third kappa shape index (κ3) is 3.64. The lowest BCUT2D eigenvalue weighted by molar-refractivity contribution is -0.141. The first-order valence-corrected chi connectivity index (χ1v) is 6.96. The van der Waals surface area contributed by atoms with Crippen LogP contribution in [0.25, 0.3) is 0 Å². The molecule has 2 aromatic rings. The van der Waals surface area contributed by atoms with Gasteiger partial charge in [-0.25, -0.2) is 0 Å². The topological polar surface area (TPSA) is 68.3 Å². The fourth-order valence-corrected chi connectivity index (χ4v) is 2.42. The molecule has 0 aromatic carbocycles. The van der Waals surface area contributed by atoms with Crippen LogP contribution < -0.4 is 5.32 Å². The number of thiophene rings is 1. The Kier molecular flexibility index (Phi) is 4.84. The molecule has 2 aromatic heterocycles. The molecule has 104 valence electrons. The van der Waals surface area contributed by atoms with Crippen molar-refractivity contribution in [1.29, 1.82) is 0 Å². The maximum atomic E-state index is 12.1. The van der Waals surface area contributed by atoms with Crippen LogP contribution in [0.1, 0.15) is 28.5 Å². The molecule has 0 radical (unpaired) electrons. The Labute approximate surface area is 120 Å². The predicted molar refractivity (Wildman–Crippen MR) is 75.4 cm³/mol. The number of carbonyl (C=O) groups is 2. The molecule has 0 bridgehead atoms. The van der Waals surface area contributed by atoms with Crippen molar-refractivity contribution < 1.29 is 14.3 Å². The van der Waals surface area contributed by atoms with Gasteiger partial charge in [-0.1, -0.05) is 6.07 Å². The monoisotopic (exact) mass is 290 g/mol. The number of nitrogens with one attached hydrogen (secondary N) is 1. The van der Waals surface area contributed by atoms with Crippen LogP contribution in [0, 0.1) is 0 Å². The molecule has 0 saturated carbocycles. The number of esters is 1. The standard InChI is InChI=1S/C14H14N2O3S/c1-19-13(17)8-12(10-5-7-20-9-10)16-14(18)11-4-2-3-6-15-11/h2-7,9,12H,8H2,1H3,(H,16,18). The molecule has 1 unspecified atom stereocenters. The average molecular weight is 290 g/mol. The van der Waals surface area contributed by atoms with Gasteiger partial charge in [0.25, 0.3) is 5.91 Å². The maximum absolute atomic E-state index is 12.1. The van der Waals surface area contributed by atoms with Crippen molar-refractivity contribution in [3.63, 3.8) is 0 Å². The molecule has 20 heavy (non-hydrogen) atoms. The minimum Gasteiger partial charge on any atom is -0.469 e. The molecule has 0 saturated heterocycles. The highest BCUT2D eigenvalue weighted by Crippen LogP contribution is 2.20. The third-order valence-corrected chi connectivity index (χ3v) is 3.45. The SMILES string of the molecule is COC(=O)CC(NC(=O)c1ccccn1)c1ccsc1. The third-order valence-electron chi connectivity index (χ3n) is 2.75. The van der Waals surface area contributed by atoms with Crippen LogP contribution in [0.5, 0.6) is 0 Å². The van der Waals surface area contributed by atoms with Crippen molar-refractivity contribution >= 4 is 23.2 Å². The van der Waals surface area contributed by atoms with Gasteiger partial charge in [-0.05, 0) is 34.5 Å². The van der Waals surface area contributed by atoms with Gasteiger partial charge in [0.15, 0.2) is 0 Å². The Bertz CT molecular complexity index is 569. The van der Waals surface area contributed by atoms with Gasteiger partial charge < -0.3 is 10.1 Å². The van der Waals surface area contributed by atoms with E-state index in [1.54, 1.807) is 24.4 Å². The number of nitrogens with zero attached hydrogens (tertiary/aromatic N) is 1. The number of hydrogen-bond donors (Lipinski definition) is 1. The van der Waals surface area contributed by atoms with Crippen LogP contribution in [0.4, 0.5) is 0 Å². The lowest BCUT2D eigenvalue weighted by atomic mass is 10.1. The molecule has 0 aliphatic rings. The first-order chi connectivity index (χ1) is 9.70. The van der Waals surface area contributed by atoms with Crippen molar-refractivity contribution in [2.75, 3.05) is 7.11 Å². The van der Waals surface area contributed by atoms with Gasteiger partial charge in [0, 0.05) is 6.20 Å². The summed E-state index contributed by atoms with van der Waals surface area (Å²) in [6.07, 6.45) is 1.64. The first-order valence-electron chi connectivity index (χ1n) is 6.01. The first kappa shape index (κ1) is 14.2. The van der Waals surface area contributed by atoms with E-state index in [-0.39, 0.29) is 18.3 Å². The Morgan fingerprint density at radius 2 is 2.25 bits per heavy atom. The highest BCUT2D eigenvalue weighted by molar-refractivity contribution is 7.08. The molecular weight excluding hydrogens is 276 g/mol. The zero-order valence-corrected chi connectivity index (χ0v) is 11.7. The summed E-state index contributed by atoms with van der Waals surface area (Å²) in [5.41, 5.74) is 1.20. The minimum atomic E-state index is -0.414. The number of amides is 1. The summed E-state index contributed by atoms with van der Waals surface area (Å²) < 4.78 is 4.66. The number of methoxy groups -OCH3 is 1. The second kappa shape index (κ2) is 6.81. The van der Waals surface area contributed by atoms with E-state index in [2.05, 4.69) is 15.0 Å². The van der Waals surface area contributed by atoms with Gasteiger partial charge in [-0.2, -0.15) is 11.3 Å². The van der Waals surface area contributed by atoms with Gasteiger partial charge in [0.05, 0.1) is 19.6 Å². The number of carbonyl (C=O) groups excluding carboxylic acids is 2. The molecule has 2 rings (SSSR count). The van der Waals surface area contributed by atoms with E-state index >= 15 is 0 Å². The van der Waals surface area contributed by atoms with Crippen molar-refractivity contribution in [1.82, 2.24) is 10.3 Å². The lowest BCUT2D eigenvalue weighted by Gasteiger charge is -2.16. The van der Waals surface area contributed by atoms with Crippen LogP contribution in [0.2, 0.25) is 0 Å². The fourth-order valence-electron chi connectivity index (χ4n) is 1.70. The van der Waals surface area contributed by atoms with Crippen LogP contribution in [0.3, 0.4) is 0 Å². The van der Waals surface area contributed by atoms with E-state index in [0.717, 1.165) is 5.56 Å². The number of rotatable bonds is 5. The summed E-state index contributed by atoms with van der Waals surface area (Å²) in [4.78, 5) is 27.5. The highest BCUT2D eigenvalue weighted by atomic mass is 32.1. The summed E-state index contributed by atoms with van der Waals surface area (Å²) in [6.45, 7) is 0. The predicted octanol–water partition coefficient (Wildman–Crippen LogP) is 2.18. The van der Waals surface area contributed by atoms with Crippen molar-refractivity contribution in [3.8, 4) is 0 Å². The summed E-state index contributed by atoms with van der Waals surface area (Å²) in [6, 6.07) is 6.56. The molecule has 0 spiro atoms. The second-order valence-corrected chi connectivity index (χ2v) is 4.86. The molecule has 1 atom stereocenters. The molecule has 1 N–H and O–H groups in total. The van der Waals surface area contributed by atoms with E-state index in [4.69, 9.17) is 0 Å². The number of ether oxygens (including phenoxy) is 1. The molecular formula is C14H14N2O3S. The maximum Gasteiger partial charge on any atom is 0.307 e. The Balaban J connectivity index is 2.12. The van der Waals surface area contributed by atoms with E-state index in [1.165, 1.54) is 18.4 Å². The number of pyridine rings is 1. The Morgan fingerprint density at radius 1 is 1.40 bits per heavy atom. The van der Waals surface area contributed by atoms with Crippen molar-refractivity contribution in [2.24, 2.45) is 0 Å². The van der Waals surface area contributed by atoms with Crippen molar-refractivity contribution in [2.45, 2.75) is 12.5 Å². The number of hydrogen-bond acceptors (Lipinski definition) is 5. The van der Waals surface area contributed by atoms with Gasteiger partial charge in [0.1, 0.15) is 5.69 Å². The smallest absolute Gasteiger partial charge is 0.307 e. The van der Waals surface area contributed by atoms with Gasteiger partial charge in [-0.3, -0.25) is 14.6 Å². The van der Waals surface area contributed by atoms with E-state index in [9.17, 15) is 9.59 Å². The van der Waals surface area contributed by atoms with Crippen molar-refractivity contribution in [3.05, 3.63) is 52.5 Å². The zero-order chi connectivity index (χ0) is 14.4.